The highest BCUT2D eigenvalue weighted by Crippen LogP contribution is 2.18. The van der Waals surface area contributed by atoms with Crippen LogP contribution in [0, 0.1) is 5.92 Å². The van der Waals surface area contributed by atoms with Crippen molar-refractivity contribution in [1.82, 2.24) is 5.32 Å². The lowest BCUT2D eigenvalue weighted by Crippen LogP contribution is -2.33. The van der Waals surface area contributed by atoms with Crippen molar-refractivity contribution < 1.29 is 4.79 Å². The Morgan fingerprint density at radius 2 is 1.75 bits per heavy atom. The van der Waals surface area contributed by atoms with Crippen LogP contribution in [-0.4, -0.2) is 31.9 Å². The number of carbonyl (C=O) groups excluding carboxylic acids is 1. The van der Waals surface area contributed by atoms with Gasteiger partial charge in [-0.05, 0) is 30.2 Å². The number of alkyl halides is 1. The van der Waals surface area contributed by atoms with Crippen LogP contribution in [0.1, 0.15) is 37.0 Å². The van der Waals surface area contributed by atoms with E-state index in [4.69, 9.17) is 11.6 Å². The summed E-state index contributed by atoms with van der Waals surface area (Å²) in [7, 11) is 3.95. The Balaban J connectivity index is 2.54. The van der Waals surface area contributed by atoms with E-state index >= 15 is 0 Å². The molecule has 0 aliphatic rings. The van der Waals surface area contributed by atoms with Crippen LogP contribution < -0.4 is 10.2 Å². The fourth-order valence-corrected chi connectivity index (χ4v) is 2.60. The summed E-state index contributed by atoms with van der Waals surface area (Å²) in [6.45, 7) is 4.78. The van der Waals surface area contributed by atoms with Crippen molar-refractivity contribution in [3.8, 4) is 0 Å². The number of hydrogen-bond donors (Lipinski definition) is 1. The molecule has 20 heavy (non-hydrogen) atoms. The van der Waals surface area contributed by atoms with Crippen molar-refractivity contribution in [2.75, 3.05) is 25.5 Å². The Kier molecular flexibility index (Phi) is 6.86. The van der Waals surface area contributed by atoms with Gasteiger partial charge >= 0.3 is 0 Å². The van der Waals surface area contributed by atoms with Gasteiger partial charge in [-0.25, -0.2) is 0 Å². The normalized spacial score (nSPS) is 12.3. The van der Waals surface area contributed by atoms with Gasteiger partial charge in [0.05, 0.1) is 5.38 Å². The van der Waals surface area contributed by atoms with E-state index in [9.17, 15) is 4.79 Å². The first kappa shape index (κ1) is 16.8. The Hall–Kier alpha value is -1.22. The molecule has 1 unspecified atom stereocenters. The molecular formula is C16H25ClN2O. The number of halogens is 1. The van der Waals surface area contributed by atoms with E-state index in [-0.39, 0.29) is 11.3 Å². The zero-order chi connectivity index (χ0) is 15.1. The second kappa shape index (κ2) is 8.15. The van der Waals surface area contributed by atoms with Crippen molar-refractivity contribution in [2.24, 2.45) is 5.92 Å². The van der Waals surface area contributed by atoms with Gasteiger partial charge in [0.15, 0.2) is 0 Å². The maximum absolute atomic E-state index is 12.0. The SMILES string of the molecule is CCC(CC)C(Cl)CNC(=O)c1ccc(N(C)C)cc1. The van der Waals surface area contributed by atoms with Crippen LogP contribution in [0.25, 0.3) is 0 Å². The van der Waals surface area contributed by atoms with E-state index in [0.717, 1.165) is 18.5 Å². The van der Waals surface area contributed by atoms with Crippen molar-refractivity contribution in [2.45, 2.75) is 32.1 Å². The number of nitrogens with one attached hydrogen (secondary N) is 1. The van der Waals surface area contributed by atoms with Crippen LogP contribution in [0.5, 0.6) is 0 Å². The van der Waals surface area contributed by atoms with E-state index in [1.165, 1.54) is 0 Å². The number of carbonyl (C=O) groups is 1. The molecule has 112 valence electrons. The first-order valence-electron chi connectivity index (χ1n) is 7.19. The quantitative estimate of drug-likeness (QED) is 0.781. The minimum Gasteiger partial charge on any atom is -0.378 e. The van der Waals surface area contributed by atoms with Gasteiger partial charge in [0.1, 0.15) is 0 Å². The van der Waals surface area contributed by atoms with Gasteiger partial charge in [0.2, 0.25) is 0 Å². The molecule has 1 atom stereocenters. The highest BCUT2D eigenvalue weighted by atomic mass is 35.5. The third kappa shape index (κ3) is 4.71. The summed E-state index contributed by atoms with van der Waals surface area (Å²) >= 11 is 6.32. The van der Waals surface area contributed by atoms with E-state index < -0.39 is 0 Å². The largest absolute Gasteiger partial charge is 0.378 e. The second-order valence-corrected chi connectivity index (χ2v) is 5.80. The fraction of sp³-hybridized carbons (Fsp3) is 0.562. The lowest BCUT2D eigenvalue weighted by molar-refractivity contribution is 0.0951. The number of hydrogen-bond acceptors (Lipinski definition) is 2. The molecule has 1 rings (SSSR count). The van der Waals surface area contributed by atoms with Crippen molar-refractivity contribution in [3.63, 3.8) is 0 Å². The Labute approximate surface area is 127 Å². The molecule has 0 bridgehead atoms. The first-order valence-corrected chi connectivity index (χ1v) is 7.62. The van der Waals surface area contributed by atoms with Crippen molar-refractivity contribution in [1.29, 1.82) is 0 Å². The Bertz CT molecular complexity index is 413. The number of amides is 1. The topological polar surface area (TPSA) is 32.3 Å². The van der Waals surface area contributed by atoms with Crippen LogP contribution in [0.2, 0.25) is 0 Å². The summed E-state index contributed by atoms with van der Waals surface area (Å²) < 4.78 is 0. The molecule has 0 aliphatic carbocycles. The molecule has 0 heterocycles. The predicted octanol–water partition coefficient (Wildman–Crippen LogP) is 3.53. The van der Waals surface area contributed by atoms with Gasteiger partial charge in [-0.15, -0.1) is 11.6 Å². The summed E-state index contributed by atoms with van der Waals surface area (Å²) in [5.41, 5.74) is 1.75. The Morgan fingerprint density at radius 3 is 2.20 bits per heavy atom. The molecule has 0 spiro atoms. The molecular weight excluding hydrogens is 272 g/mol. The third-order valence-electron chi connectivity index (χ3n) is 3.66. The van der Waals surface area contributed by atoms with Crippen LogP contribution >= 0.6 is 11.6 Å². The summed E-state index contributed by atoms with van der Waals surface area (Å²) in [4.78, 5) is 14.0. The molecule has 0 aromatic heterocycles. The molecule has 0 saturated carbocycles. The van der Waals surface area contributed by atoms with Crippen molar-refractivity contribution in [3.05, 3.63) is 29.8 Å². The highest BCUT2D eigenvalue weighted by molar-refractivity contribution is 6.21. The van der Waals surface area contributed by atoms with E-state index in [2.05, 4.69) is 19.2 Å². The number of anilines is 1. The van der Waals surface area contributed by atoms with E-state index in [1.807, 2.05) is 43.3 Å². The molecule has 1 aromatic carbocycles. The van der Waals surface area contributed by atoms with Crippen LogP contribution in [0.15, 0.2) is 24.3 Å². The average Bonchev–Trinajstić information content (AvgIpc) is 2.46. The molecule has 3 nitrogen and oxygen atoms in total. The zero-order valence-electron chi connectivity index (χ0n) is 12.8. The van der Waals surface area contributed by atoms with Gasteiger partial charge in [0, 0.05) is 31.9 Å². The van der Waals surface area contributed by atoms with Crippen LogP contribution in [0.3, 0.4) is 0 Å². The zero-order valence-corrected chi connectivity index (χ0v) is 13.6. The van der Waals surface area contributed by atoms with E-state index in [1.54, 1.807) is 0 Å². The number of benzene rings is 1. The molecule has 0 radical (unpaired) electrons. The monoisotopic (exact) mass is 296 g/mol. The smallest absolute Gasteiger partial charge is 0.251 e. The van der Waals surface area contributed by atoms with Gasteiger partial charge in [0.25, 0.3) is 5.91 Å². The maximum atomic E-state index is 12.0. The van der Waals surface area contributed by atoms with Gasteiger partial charge in [-0.2, -0.15) is 0 Å². The number of rotatable bonds is 7. The van der Waals surface area contributed by atoms with Gasteiger partial charge in [-0.1, -0.05) is 26.7 Å². The second-order valence-electron chi connectivity index (χ2n) is 5.24. The lowest BCUT2D eigenvalue weighted by Gasteiger charge is -2.19. The minimum atomic E-state index is -0.0630. The maximum Gasteiger partial charge on any atom is 0.251 e. The summed E-state index contributed by atoms with van der Waals surface area (Å²) in [5, 5.41) is 2.91. The molecule has 1 aromatic rings. The third-order valence-corrected chi connectivity index (χ3v) is 4.17. The van der Waals surface area contributed by atoms with Gasteiger partial charge in [-0.3, -0.25) is 4.79 Å². The molecule has 1 amide bonds. The van der Waals surface area contributed by atoms with Crippen molar-refractivity contribution >= 4 is 23.2 Å². The highest BCUT2D eigenvalue weighted by Gasteiger charge is 2.16. The summed E-state index contributed by atoms with van der Waals surface area (Å²) in [6, 6.07) is 7.55. The fourth-order valence-electron chi connectivity index (χ4n) is 2.17. The minimum absolute atomic E-state index is 0.00463. The summed E-state index contributed by atoms with van der Waals surface area (Å²) in [6.07, 6.45) is 2.08. The Morgan fingerprint density at radius 1 is 1.20 bits per heavy atom. The molecule has 4 heteroatoms. The number of nitrogens with zero attached hydrogens (tertiary/aromatic N) is 1. The lowest BCUT2D eigenvalue weighted by atomic mass is 9.99. The van der Waals surface area contributed by atoms with Gasteiger partial charge < -0.3 is 10.2 Å². The average molecular weight is 297 g/mol. The predicted molar refractivity (Wildman–Crippen MR) is 86.8 cm³/mol. The first-order chi connectivity index (χ1) is 9.49. The van der Waals surface area contributed by atoms with E-state index in [0.29, 0.717) is 18.0 Å². The molecule has 0 aliphatic heterocycles. The molecule has 0 saturated heterocycles. The standard InChI is InChI=1S/C16H25ClN2O/c1-5-12(6-2)15(17)11-18-16(20)13-7-9-14(10-8-13)19(3)4/h7-10,12,15H,5-6,11H2,1-4H3,(H,18,20). The molecule has 0 fully saturated rings. The van der Waals surface area contributed by atoms with Crippen LogP contribution in [-0.2, 0) is 0 Å². The molecule has 1 N–H and O–H groups in total. The van der Waals surface area contributed by atoms with Crippen LogP contribution in [0.4, 0.5) is 5.69 Å². The summed E-state index contributed by atoms with van der Waals surface area (Å²) in [5.74, 6) is 0.389.